The van der Waals surface area contributed by atoms with Crippen LogP contribution in [0.4, 0.5) is 0 Å². The average Bonchev–Trinajstić information content (AvgIpc) is 2.85. The van der Waals surface area contributed by atoms with E-state index in [1.807, 2.05) is 0 Å². The second-order valence-corrected chi connectivity index (χ2v) is 18.9. The largest absolute Gasteiger partial charge is 1.00 e. The maximum atomic E-state index is 13.1. The minimum atomic E-state index is -5.70. The molecule has 1 saturated heterocycles. The van der Waals surface area contributed by atoms with E-state index in [2.05, 4.69) is 3.23 Å². The summed E-state index contributed by atoms with van der Waals surface area (Å²) in [6, 6.07) is 20.5. The van der Waals surface area contributed by atoms with Gasteiger partial charge in [-0.3, -0.25) is 4.55 Å². The molecule has 24 heteroatoms. The molecule has 0 spiro atoms. The fraction of sp³-hybridized carbons (Fsp3) is 0.0909. The Morgan fingerprint density at radius 1 is 0.717 bits per heavy atom. The van der Waals surface area contributed by atoms with Gasteiger partial charge in [-0.1, -0.05) is 84.9 Å². The molecule has 4 aromatic carbocycles. The maximum absolute atomic E-state index is 13.1. The SMILES string of the molecule is O=S(=O)([O-])C(c1cccc2ccccc12)S(=O)(=O)[O][Al]1[O]S(=O)(=O)C(c2cccc3ccccc23)S(=O)(=O)[O]1.O=S(=O)([O-])O.[NH4+].[Na+]. The van der Waals surface area contributed by atoms with E-state index >= 15 is 0 Å². The summed E-state index contributed by atoms with van der Waals surface area (Å²) >= 11 is -4.71. The molecule has 17 nitrogen and oxygen atoms in total. The standard InChI is InChI=1S/2C11H10O6S2.Al.H3N.Na.H2O4S/c2*12-18(13,14)11(19(15,16)17)10-7-3-5-8-4-1-2-6-9(8)10;;;;1-5(2,3)4/h2*1-7,11H,(H,12,13,14)(H,15,16,17);;1H3;;(H2,1,2,3,4)/q;;+3;;+1;/p-4. The minimum absolute atomic E-state index is 0. The molecule has 0 radical (unpaired) electrons. The summed E-state index contributed by atoms with van der Waals surface area (Å²) in [5, 5.41) is 1.24. The van der Waals surface area contributed by atoms with E-state index in [1.165, 1.54) is 48.5 Å². The molecule has 0 amide bonds. The monoisotopic (exact) mass is 765 g/mol. The summed E-state index contributed by atoms with van der Waals surface area (Å²) in [4.78, 5) is 0. The first-order chi connectivity index (χ1) is 20.2. The van der Waals surface area contributed by atoms with Gasteiger partial charge in [0.2, 0.25) is 15.0 Å². The molecule has 0 bridgehead atoms. The molecule has 4 aromatic rings. The first kappa shape index (κ1) is 40.6. The van der Waals surface area contributed by atoms with Gasteiger partial charge in [0.05, 0.1) is 0 Å². The average molecular weight is 766 g/mol. The van der Waals surface area contributed by atoms with Crippen LogP contribution in [0.25, 0.3) is 21.5 Å². The smallest absolute Gasteiger partial charge is 0.747 e. The van der Waals surface area contributed by atoms with E-state index in [0.717, 1.165) is 6.07 Å². The van der Waals surface area contributed by atoms with Crippen LogP contribution in [-0.2, 0) is 60.6 Å². The number of fused-ring (bicyclic) bond motifs is 2. The van der Waals surface area contributed by atoms with Crippen molar-refractivity contribution in [2.24, 2.45) is 0 Å². The molecule has 244 valence electrons. The van der Waals surface area contributed by atoms with E-state index in [4.69, 9.17) is 24.0 Å². The Balaban J connectivity index is 0.000000978. The second kappa shape index (κ2) is 14.9. The second-order valence-electron chi connectivity index (χ2n) is 8.78. The van der Waals surface area contributed by atoms with E-state index in [0.29, 0.717) is 10.8 Å². The van der Waals surface area contributed by atoms with Gasteiger partial charge in [0, 0.05) is 0 Å². The van der Waals surface area contributed by atoms with Gasteiger partial charge in [-0.15, -0.1) is 0 Å². The van der Waals surface area contributed by atoms with Crippen molar-refractivity contribution in [1.29, 1.82) is 0 Å². The summed E-state index contributed by atoms with van der Waals surface area (Å²) in [6.07, 6.45) is 0. The van der Waals surface area contributed by atoms with Gasteiger partial charge in [0.25, 0.3) is 30.4 Å². The van der Waals surface area contributed by atoms with Crippen molar-refractivity contribution in [3.63, 3.8) is 0 Å². The van der Waals surface area contributed by atoms with E-state index in [-0.39, 0.29) is 52.0 Å². The zero-order chi connectivity index (χ0) is 32.7. The van der Waals surface area contributed by atoms with E-state index in [1.54, 1.807) is 30.3 Å². The zero-order valence-electron chi connectivity index (χ0n) is 23.4. The Labute approximate surface area is 291 Å². The van der Waals surface area contributed by atoms with Crippen molar-refractivity contribution in [2.75, 3.05) is 0 Å². The molecule has 1 atom stereocenters. The number of quaternary nitrogens is 1. The molecule has 1 heterocycles. The third-order valence-corrected chi connectivity index (χ3v) is 16.9. The number of hydrogen-bond acceptors (Lipinski definition) is 15. The molecule has 46 heavy (non-hydrogen) atoms. The van der Waals surface area contributed by atoms with Crippen molar-refractivity contribution >= 4 is 87.6 Å². The molecule has 5 rings (SSSR count). The Hall–Kier alpha value is -1.60. The van der Waals surface area contributed by atoms with Crippen LogP contribution in [0.2, 0.25) is 0 Å². The van der Waals surface area contributed by atoms with Crippen LogP contribution in [0.1, 0.15) is 20.3 Å². The van der Waals surface area contributed by atoms with Gasteiger partial charge in [-0.25, -0.2) is 42.1 Å². The van der Waals surface area contributed by atoms with Crippen LogP contribution in [-0.4, -0.2) is 70.9 Å². The van der Waals surface area contributed by atoms with E-state index < -0.39 is 80.7 Å². The topological polar surface area (TPSA) is 301 Å². The van der Waals surface area contributed by atoms with Crippen LogP contribution < -0.4 is 35.7 Å². The fourth-order valence-corrected chi connectivity index (χ4v) is 15.0. The molecule has 0 aliphatic carbocycles. The van der Waals surface area contributed by atoms with Crippen molar-refractivity contribution < 1.29 is 95.0 Å². The molecule has 1 aliphatic rings. The van der Waals surface area contributed by atoms with Gasteiger partial charge in [0.1, 0.15) is 10.1 Å². The molecular formula is C22H21AlNNaO16S5. The maximum Gasteiger partial charge on any atom is 1.00 e. The van der Waals surface area contributed by atoms with Crippen molar-refractivity contribution in [3.8, 4) is 0 Å². The number of rotatable bonds is 6. The number of hydrogen-bond donors (Lipinski definition) is 2. The van der Waals surface area contributed by atoms with Crippen LogP contribution in [0.3, 0.4) is 0 Å². The van der Waals surface area contributed by atoms with Crippen LogP contribution in [0.15, 0.2) is 84.9 Å². The third kappa shape index (κ3) is 9.51. The fourth-order valence-electron chi connectivity index (χ4n) is 4.35. The summed E-state index contributed by atoms with van der Waals surface area (Å²) in [6.45, 7) is 0. The predicted molar refractivity (Wildman–Crippen MR) is 157 cm³/mol. The quantitative estimate of drug-likeness (QED) is 0.130. The van der Waals surface area contributed by atoms with Crippen molar-refractivity contribution in [1.82, 2.24) is 6.15 Å². The Bertz CT molecular complexity index is 2250. The molecule has 1 unspecified atom stereocenters. The summed E-state index contributed by atoms with van der Waals surface area (Å²) in [5.41, 5.74) is -0.688. The van der Waals surface area contributed by atoms with Crippen LogP contribution >= 0.6 is 0 Å². The Kier molecular flexibility index (Phi) is 13.1. The molecule has 0 saturated carbocycles. The van der Waals surface area contributed by atoms with Gasteiger partial charge in [-0.05, 0) is 32.7 Å². The Morgan fingerprint density at radius 3 is 1.63 bits per heavy atom. The third-order valence-electron chi connectivity index (χ3n) is 5.84. The normalized spacial score (nSPS) is 17.2. The van der Waals surface area contributed by atoms with Gasteiger partial charge >= 0.3 is 44.7 Å². The van der Waals surface area contributed by atoms with Gasteiger partial charge in [-0.2, -0.15) is 0 Å². The molecular weight excluding hydrogens is 745 g/mol. The predicted octanol–water partition coefficient (Wildman–Crippen LogP) is -1.34. The zero-order valence-corrected chi connectivity index (χ0v) is 30.7. The van der Waals surface area contributed by atoms with E-state index in [9.17, 15) is 38.2 Å². The van der Waals surface area contributed by atoms with Crippen LogP contribution in [0.5, 0.6) is 0 Å². The minimum Gasteiger partial charge on any atom is -0.747 e. The first-order valence-corrected chi connectivity index (χ1v) is 20.2. The van der Waals surface area contributed by atoms with Crippen molar-refractivity contribution in [2.45, 2.75) is 9.16 Å². The first-order valence-electron chi connectivity index (χ1n) is 11.6. The summed E-state index contributed by atoms with van der Waals surface area (Å²) < 4.78 is 157. The van der Waals surface area contributed by atoms with Crippen molar-refractivity contribution in [3.05, 3.63) is 96.1 Å². The Morgan fingerprint density at radius 2 is 1.13 bits per heavy atom. The van der Waals surface area contributed by atoms with Crippen LogP contribution in [0, 0.1) is 0 Å². The molecule has 5 N–H and O–H groups in total. The molecule has 0 aromatic heterocycles. The summed E-state index contributed by atoms with van der Waals surface area (Å²) in [5.74, 6) is 0. The molecule has 1 aliphatic heterocycles. The summed E-state index contributed by atoms with van der Waals surface area (Å²) in [7, 11) is -26.4. The number of benzene rings is 4. The van der Waals surface area contributed by atoms with Gasteiger partial charge < -0.3 is 25.0 Å². The molecule has 1 fully saturated rings. The van der Waals surface area contributed by atoms with Gasteiger partial charge in [0.15, 0.2) is 4.58 Å².